The van der Waals surface area contributed by atoms with Gasteiger partial charge in [0, 0.05) is 0 Å². The Morgan fingerprint density at radius 3 is 1.75 bits per heavy atom. The summed E-state index contributed by atoms with van der Waals surface area (Å²) < 4.78 is 0. The predicted molar refractivity (Wildman–Crippen MR) is 78.9 cm³/mol. The third-order valence-corrected chi connectivity index (χ3v) is 2.66. The molecule has 0 fully saturated rings. The molecule has 0 atom stereocenters. The molecule has 134 valence electrons. The van der Waals surface area contributed by atoms with Gasteiger partial charge in [-0.1, -0.05) is 30.6 Å². The summed E-state index contributed by atoms with van der Waals surface area (Å²) >= 11 is 0. The molecule has 0 spiro atoms. The number of nitro groups is 2. The van der Waals surface area contributed by atoms with E-state index in [9.17, 15) is 30.0 Å². The largest absolute Gasteiger partial charge is 0.279 e. The van der Waals surface area contributed by atoms with Crippen LogP contribution in [-0.2, 0) is 0 Å². The molecule has 16 heteroatoms. The molecule has 0 unspecified atom stereocenters. The van der Waals surface area contributed by atoms with E-state index < -0.39 is 28.1 Å². The van der Waals surface area contributed by atoms with Crippen molar-refractivity contribution < 1.29 is 10.1 Å². The molecule has 0 aliphatic carbocycles. The first-order valence-electron chi connectivity index (χ1n) is 6.52. The van der Waals surface area contributed by atoms with Crippen molar-refractivity contribution in [2.75, 3.05) is 0 Å². The number of hydrazine groups is 2. The monoisotopic (exact) mass is 348 g/mol. The Balaban J connectivity index is 5.49. The lowest BCUT2D eigenvalue weighted by atomic mass is 10.1. The minimum atomic E-state index is -1.54. The molecule has 0 aromatic heterocycles. The average Bonchev–Trinajstić information content (AvgIpc) is 2.46. The number of nitroso groups, excluding NO2 is 2. The normalized spacial score (nSPS) is 10.9. The fourth-order valence-corrected chi connectivity index (χ4v) is 1.69. The Morgan fingerprint density at radius 1 is 1.04 bits per heavy atom. The van der Waals surface area contributed by atoms with Crippen molar-refractivity contribution >= 4 is 11.9 Å². The van der Waals surface area contributed by atoms with Crippen LogP contribution in [0.1, 0.15) is 32.6 Å². The molecule has 4 N–H and O–H groups in total. The van der Waals surface area contributed by atoms with Crippen molar-refractivity contribution in [3.63, 3.8) is 0 Å². The van der Waals surface area contributed by atoms with E-state index >= 15 is 0 Å². The fraction of sp³-hybridized carbons (Fsp3) is 0.750. The lowest BCUT2D eigenvalue weighted by Gasteiger charge is -2.29. The number of rotatable bonds is 10. The minimum Gasteiger partial charge on any atom is -0.263 e. The average molecular weight is 348 g/mol. The second-order valence-corrected chi connectivity index (χ2v) is 4.26. The van der Waals surface area contributed by atoms with Crippen LogP contribution >= 0.6 is 0 Å². The van der Waals surface area contributed by atoms with Gasteiger partial charge in [-0.2, -0.15) is 10.0 Å². The number of nitrogens with zero attached hydrogens (tertiary/aromatic N) is 6. The first-order valence-corrected chi connectivity index (χ1v) is 6.52. The second kappa shape index (κ2) is 10.3. The fourth-order valence-electron chi connectivity index (χ4n) is 1.69. The summed E-state index contributed by atoms with van der Waals surface area (Å²) in [5.74, 6) is -2.20. The molecule has 24 heavy (non-hydrogen) atoms. The van der Waals surface area contributed by atoms with E-state index in [1.165, 1.54) is 10.9 Å². The zero-order valence-corrected chi connectivity index (χ0v) is 12.5. The molecule has 0 amide bonds. The van der Waals surface area contributed by atoms with Crippen molar-refractivity contribution in [1.82, 2.24) is 20.9 Å². The Bertz CT molecular complexity index is 472. The van der Waals surface area contributed by atoms with E-state index in [2.05, 4.69) is 10.6 Å². The third-order valence-electron chi connectivity index (χ3n) is 2.66. The molecule has 0 bridgehead atoms. The maximum Gasteiger partial charge on any atom is 0.279 e. The Kier molecular flexibility index (Phi) is 8.81. The van der Waals surface area contributed by atoms with Gasteiger partial charge < -0.3 is 0 Å². The summed E-state index contributed by atoms with van der Waals surface area (Å²) in [6.45, 7) is 1.85. The smallest absolute Gasteiger partial charge is 0.263 e. The van der Waals surface area contributed by atoms with Crippen LogP contribution in [0, 0.1) is 40.9 Å². The molecule has 0 radical (unpaired) electrons. The first-order chi connectivity index (χ1) is 11.3. The van der Waals surface area contributed by atoms with Crippen LogP contribution in [0.2, 0.25) is 0 Å². The standard InChI is InChI=1S/C8H16N10O6/c1-2-3-4-5-6(15(13-19)7(9)11-17(21)22)16(14-20)8(10)12-18(23)24/h6H,2-5H2,1H3,(H2,9,11)(H2,10,12). The highest BCUT2D eigenvalue weighted by Gasteiger charge is 2.34. The van der Waals surface area contributed by atoms with Crippen LogP contribution in [0.25, 0.3) is 0 Å². The Labute approximate surface area is 134 Å². The topological polar surface area (TPSA) is 223 Å². The number of hydrogen-bond donors (Lipinski definition) is 4. The molecule has 16 nitrogen and oxygen atoms in total. The van der Waals surface area contributed by atoms with E-state index in [4.69, 9.17) is 10.8 Å². The summed E-state index contributed by atoms with van der Waals surface area (Å²) in [4.78, 5) is 42.6. The summed E-state index contributed by atoms with van der Waals surface area (Å²) in [6.07, 6.45) is 0.129. The maximum absolute atomic E-state index is 10.9. The van der Waals surface area contributed by atoms with Crippen LogP contribution in [0.15, 0.2) is 10.6 Å². The molecule has 0 aromatic rings. The highest BCUT2D eigenvalue weighted by atomic mass is 16.7. The molecule has 0 saturated heterocycles. The van der Waals surface area contributed by atoms with Crippen LogP contribution in [0.4, 0.5) is 0 Å². The van der Waals surface area contributed by atoms with Gasteiger partial charge in [-0.05, 0) is 12.8 Å². The van der Waals surface area contributed by atoms with Crippen molar-refractivity contribution in [2.45, 2.75) is 38.8 Å². The van der Waals surface area contributed by atoms with Gasteiger partial charge in [-0.15, -0.1) is 9.81 Å². The van der Waals surface area contributed by atoms with Gasteiger partial charge in [0.25, 0.3) is 11.9 Å². The number of nitrogens with one attached hydrogen (secondary N) is 4. The van der Waals surface area contributed by atoms with E-state index in [0.29, 0.717) is 12.8 Å². The van der Waals surface area contributed by atoms with Crippen LogP contribution in [0.5, 0.6) is 0 Å². The van der Waals surface area contributed by atoms with Crippen LogP contribution in [-0.4, -0.2) is 38.2 Å². The Hall–Kier alpha value is -3.46. The molecule has 0 aliphatic rings. The van der Waals surface area contributed by atoms with E-state index in [1.54, 1.807) is 0 Å². The summed E-state index contributed by atoms with van der Waals surface area (Å²) in [7, 11) is 0. The van der Waals surface area contributed by atoms with Crippen molar-refractivity contribution in [3.8, 4) is 0 Å². The lowest BCUT2D eigenvalue weighted by Crippen LogP contribution is -2.55. The van der Waals surface area contributed by atoms with E-state index in [-0.39, 0.29) is 16.4 Å². The quantitative estimate of drug-likeness (QED) is 0.0802. The van der Waals surface area contributed by atoms with Gasteiger partial charge in [0.1, 0.15) is 0 Å². The van der Waals surface area contributed by atoms with Gasteiger partial charge in [0.15, 0.2) is 16.2 Å². The molecule has 0 saturated carbocycles. The van der Waals surface area contributed by atoms with Gasteiger partial charge in [0.05, 0.1) is 10.6 Å². The minimum absolute atomic E-state index is 0.0745. The zero-order valence-electron chi connectivity index (χ0n) is 12.5. The molecular formula is C8H16N10O6. The van der Waals surface area contributed by atoms with Gasteiger partial charge in [0.2, 0.25) is 0 Å². The highest BCUT2D eigenvalue weighted by molar-refractivity contribution is 5.78. The summed E-state index contributed by atoms with van der Waals surface area (Å²) in [5.41, 5.74) is 2.73. The van der Waals surface area contributed by atoms with Crippen molar-refractivity contribution in [2.24, 2.45) is 10.6 Å². The van der Waals surface area contributed by atoms with Crippen molar-refractivity contribution in [1.29, 1.82) is 10.8 Å². The van der Waals surface area contributed by atoms with Crippen LogP contribution in [0.3, 0.4) is 0 Å². The molecule has 0 aliphatic heterocycles. The highest BCUT2D eigenvalue weighted by Crippen LogP contribution is 2.16. The SMILES string of the molecule is CCCCCC(N(N=O)C(=N)N[N+](=O)[O-])N(N=O)C(=N)N[N+](=O)[O-]. The summed E-state index contributed by atoms with van der Waals surface area (Å²) in [6, 6.07) is 0. The molecule has 0 heterocycles. The second-order valence-electron chi connectivity index (χ2n) is 4.26. The number of unbranched alkanes of at least 4 members (excludes halogenated alkanes) is 2. The number of hydrogen-bond acceptors (Lipinski definition) is 10. The lowest BCUT2D eigenvalue weighted by molar-refractivity contribution is -0.527. The number of guanidine groups is 2. The van der Waals surface area contributed by atoms with Crippen molar-refractivity contribution in [3.05, 3.63) is 30.0 Å². The zero-order chi connectivity index (χ0) is 18.7. The molecular weight excluding hydrogens is 332 g/mol. The molecule has 0 rings (SSSR count). The van der Waals surface area contributed by atoms with Gasteiger partial charge in [-0.25, -0.2) is 20.2 Å². The van der Waals surface area contributed by atoms with Crippen LogP contribution < -0.4 is 10.9 Å². The van der Waals surface area contributed by atoms with Gasteiger partial charge in [-0.3, -0.25) is 10.8 Å². The predicted octanol–water partition coefficient (Wildman–Crippen LogP) is 0.292. The maximum atomic E-state index is 10.9. The third kappa shape index (κ3) is 6.54. The first kappa shape index (κ1) is 20.5. The molecule has 0 aromatic carbocycles. The van der Waals surface area contributed by atoms with E-state index in [0.717, 1.165) is 6.42 Å². The van der Waals surface area contributed by atoms with E-state index in [1.807, 2.05) is 6.92 Å². The Morgan fingerprint density at radius 2 is 1.46 bits per heavy atom. The van der Waals surface area contributed by atoms with Gasteiger partial charge >= 0.3 is 0 Å². The summed E-state index contributed by atoms with van der Waals surface area (Å²) in [5, 5.41) is 38.5.